The Morgan fingerprint density at radius 2 is 2.06 bits per heavy atom. The van der Waals surface area contributed by atoms with E-state index in [1.165, 1.54) is 0 Å². The molecule has 2 aromatic heterocycles. The minimum atomic E-state index is -0.235. The number of likely N-dealkylation sites (tertiary alicyclic amines) is 1. The molecule has 3 aromatic rings. The van der Waals surface area contributed by atoms with E-state index in [1.807, 2.05) is 12.1 Å². The molecule has 0 unspecified atom stereocenters. The van der Waals surface area contributed by atoms with Crippen molar-refractivity contribution in [1.29, 1.82) is 0 Å². The number of halogens is 1. The quantitative estimate of drug-likeness (QED) is 0.624. The number of aromatic nitrogens is 6. The summed E-state index contributed by atoms with van der Waals surface area (Å²) in [4.78, 5) is 19.9. The molecule has 0 radical (unpaired) electrons. The average Bonchev–Trinajstić information content (AvgIpc) is 3.41. The zero-order chi connectivity index (χ0) is 22.5. The van der Waals surface area contributed by atoms with Crippen LogP contribution in [0.2, 0.25) is 5.02 Å². The van der Waals surface area contributed by atoms with Gasteiger partial charge in [0.25, 0.3) is 0 Å². The average molecular weight is 455 g/mol. The molecule has 2 fully saturated rings. The predicted octanol–water partition coefficient (Wildman–Crippen LogP) is 4.15. The molecule has 0 spiro atoms. The molecule has 1 saturated carbocycles. The van der Waals surface area contributed by atoms with E-state index < -0.39 is 0 Å². The Balaban J connectivity index is 1.43. The molecule has 1 N–H and O–H groups in total. The number of hydrogen-bond donors (Lipinski definition) is 1. The third kappa shape index (κ3) is 3.35. The maximum Gasteiger partial charge on any atom is 0.322 e. The smallest absolute Gasteiger partial charge is 0.315 e. The molecular formula is C22H27ClN8O. The van der Waals surface area contributed by atoms with Crippen LogP contribution in [0.25, 0.3) is 11.4 Å². The van der Waals surface area contributed by atoms with E-state index in [4.69, 9.17) is 11.6 Å². The first-order chi connectivity index (χ1) is 15.4. The Kier molecular flexibility index (Phi) is 5.16. The van der Waals surface area contributed by atoms with Crippen molar-refractivity contribution in [3.8, 4) is 11.4 Å². The summed E-state index contributed by atoms with van der Waals surface area (Å²) in [6.07, 6.45) is 9.05. The molecule has 32 heavy (non-hydrogen) atoms. The number of nitrogens with one attached hydrogen (secondary N) is 1. The van der Waals surface area contributed by atoms with Crippen LogP contribution in [0.3, 0.4) is 0 Å². The second kappa shape index (κ2) is 7.88. The van der Waals surface area contributed by atoms with Crippen molar-refractivity contribution in [2.24, 2.45) is 13.0 Å². The summed E-state index contributed by atoms with van der Waals surface area (Å²) >= 11 is 6.38. The SMILES string of the molecule is CC[C@H](n1cnnc1)[C@]12C[C@@H](C)C[C@H](C1)N2C(=O)Nc1ccc(Cl)c(-c2ncn(C)n2)c1. The Bertz CT molecular complexity index is 1130. The standard InChI is InChI=1S/C22H27ClN8O/c1-4-19(30-12-25-26-13-30)22-9-14(2)7-16(10-22)31(22)21(32)27-15-5-6-18(23)17(8-15)20-24-11-29(3)28-20/h5-6,8,11-14,16,19H,4,7,9-10H2,1-3H3,(H,27,32)/t14-,16+,19-,22-/m0/s1. The molecule has 2 amide bonds. The Hall–Kier alpha value is -2.94. The van der Waals surface area contributed by atoms with Gasteiger partial charge in [-0.3, -0.25) is 4.68 Å². The number of carbonyl (C=O) groups excluding carboxylic acids is 1. The summed E-state index contributed by atoms with van der Waals surface area (Å²) in [5, 5.41) is 16.0. The lowest BCUT2D eigenvalue weighted by Gasteiger charge is -2.66. The third-order valence-electron chi connectivity index (χ3n) is 6.89. The summed E-state index contributed by atoms with van der Waals surface area (Å²) < 4.78 is 3.68. The second-order valence-corrected chi connectivity index (χ2v) is 9.48. The van der Waals surface area contributed by atoms with Gasteiger partial charge in [-0.25, -0.2) is 9.78 Å². The van der Waals surface area contributed by atoms with Crippen LogP contribution < -0.4 is 5.32 Å². The molecule has 1 saturated heterocycles. The van der Waals surface area contributed by atoms with Crippen molar-refractivity contribution in [3.63, 3.8) is 0 Å². The van der Waals surface area contributed by atoms with Crippen molar-refractivity contribution < 1.29 is 4.79 Å². The fraction of sp³-hybridized carbons (Fsp3) is 0.500. The Morgan fingerprint density at radius 3 is 2.75 bits per heavy atom. The largest absolute Gasteiger partial charge is 0.322 e. The first-order valence-corrected chi connectivity index (χ1v) is 11.4. The van der Waals surface area contributed by atoms with E-state index in [0.29, 0.717) is 28.0 Å². The highest BCUT2D eigenvalue weighted by Crippen LogP contribution is 2.56. The van der Waals surface area contributed by atoms with Gasteiger partial charge in [-0.15, -0.1) is 10.2 Å². The number of anilines is 1. The van der Waals surface area contributed by atoms with Gasteiger partial charge < -0.3 is 14.8 Å². The number of hydrogen-bond acceptors (Lipinski definition) is 5. The molecule has 2 bridgehead atoms. The maximum atomic E-state index is 13.6. The van der Waals surface area contributed by atoms with Crippen LogP contribution in [0.4, 0.5) is 10.5 Å². The molecule has 3 heterocycles. The maximum absolute atomic E-state index is 13.6. The van der Waals surface area contributed by atoms with Crippen LogP contribution in [0.1, 0.15) is 45.6 Å². The van der Waals surface area contributed by atoms with Gasteiger partial charge in [0.2, 0.25) is 0 Å². The van der Waals surface area contributed by atoms with Gasteiger partial charge in [-0.05, 0) is 49.8 Å². The van der Waals surface area contributed by atoms with E-state index in [9.17, 15) is 4.79 Å². The number of amides is 2. The van der Waals surface area contributed by atoms with Crippen LogP contribution in [0, 0.1) is 5.92 Å². The Morgan fingerprint density at radius 1 is 1.28 bits per heavy atom. The van der Waals surface area contributed by atoms with Crippen LogP contribution in [0.15, 0.2) is 37.2 Å². The van der Waals surface area contributed by atoms with Crippen LogP contribution in [0.5, 0.6) is 0 Å². The van der Waals surface area contributed by atoms with E-state index in [-0.39, 0.29) is 23.7 Å². The van der Waals surface area contributed by atoms with Crippen molar-refractivity contribution in [1.82, 2.24) is 34.4 Å². The van der Waals surface area contributed by atoms with Crippen molar-refractivity contribution >= 4 is 23.3 Å². The molecule has 2 aliphatic rings. The van der Waals surface area contributed by atoms with Gasteiger partial charge in [0, 0.05) is 24.3 Å². The molecule has 5 rings (SSSR count). The van der Waals surface area contributed by atoms with E-state index in [2.05, 4.69) is 48.9 Å². The fourth-order valence-electron chi connectivity index (χ4n) is 5.83. The summed E-state index contributed by atoms with van der Waals surface area (Å²) in [6.45, 7) is 4.44. The van der Waals surface area contributed by atoms with Crippen LogP contribution in [-0.4, -0.2) is 52.0 Å². The molecule has 1 aromatic carbocycles. The monoisotopic (exact) mass is 454 g/mol. The summed E-state index contributed by atoms with van der Waals surface area (Å²) in [7, 11) is 1.80. The highest BCUT2D eigenvalue weighted by Gasteiger charge is 2.61. The summed E-state index contributed by atoms with van der Waals surface area (Å²) in [6, 6.07) is 5.71. The van der Waals surface area contributed by atoms with E-state index in [1.54, 1.807) is 36.8 Å². The van der Waals surface area contributed by atoms with Gasteiger partial charge in [0.1, 0.15) is 19.0 Å². The number of carbonyl (C=O) groups is 1. The van der Waals surface area contributed by atoms with Gasteiger partial charge in [-0.2, -0.15) is 5.10 Å². The van der Waals surface area contributed by atoms with E-state index in [0.717, 1.165) is 25.7 Å². The summed E-state index contributed by atoms with van der Waals surface area (Å²) in [5.41, 5.74) is 1.13. The highest BCUT2D eigenvalue weighted by molar-refractivity contribution is 6.33. The Labute approximate surface area is 191 Å². The number of aryl methyl sites for hydroxylation is 1. The third-order valence-corrected chi connectivity index (χ3v) is 7.22. The number of piperidine rings is 1. The van der Waals surface area contributed by atoms with Crippen LogP contribution >= 0.6 is 11.6 Å². The molecule has 168 valence electrons. The minimum Gasteiger partial charge on any atom is -0.315 e. The van der Waals surface area contributed by atoms with Crippen LogP contribution in [-0.2, 0) is 7.05 Å². The van der Waals surface area contributed by atoms with E-state index >= 15 is 0 Å². The van der Waals surface area contributed by atoms with Gasteiger partial charge >= 0.3 is 6.03 Å². The normalized spacial score (nSPS) is 25.3. The van der Waals surface area contributed by atoms with Crippen molar-refractivity contribution in [2.45, 2.75) is 57.2 Å². The molecule has 10 heteroatoms. The zero-order valence-corrected chi connectivity index (χ0v) is 19.2. The van der Waals surface area contributed by atoms with Gasteiger partial charge in [0.05, 0.1) is 16.6 Å². The predicted molar refractivity (Wildman–Crippen MR) is 121 cm³/mol. The van der Waals surface area contributed by atoms with Crippen molar-refractivity contribution in [2.75, 3.05) is 5.32 Å². The van der Waals surface area contributed by atoms with Gasteiger partial charge in [-0.1, -0.05) is 25.4 Å². The number of nitrogens with zero attached hydrogens (tertiary/aromatic N) is 7. The van der Waals surface area contributed by atoms with Gasteiger partial charge in [0.15, 0.2) is 5.82 Å². The number of rotatable bonds is 5. The molecular weight excluding hydrogens is 428 g/mol. The minimum absolute atomic E-state index is 0.0815. The number of benzene rings is 1. The number of fused-ring (bicyclic) bond motifs is 2. The molecule has 4 atom stereocenters. The lowest BCUT2D eigenvalue weighted by atomic mass is 9.60. The second-order valence-electron chi connectivity index (χ2n) is 9.08. The fourth-order valence-corrected chi connectivity index (χ4v) is 6.03. The lowest BCUT2D eigenvalue weighted by molar-refractivity contribution is -0.120. The first-order valence-electron chi connectivity index (χ1n) is 11.0. The summed E-state index contributed by atoms with van der Waals surface area (Å²) in [5.74, 6) is 1.10. The molecule has 1 aliphatic carbocycles. The topological polar surface area (TPSA) is 93.8 Å². The van der Waals surface area contributed by atoms with Crippen molar-refractivity contribution in [3.05, 3.63) is 42.2 Å². The molecule has 9 nitrogen and oxygen atoms in total. The highest BCUT2D eigenvalue weighted by atomic mass is 35.5. The zero-order valence-electron chi connectivity index (χ0n) is 18.4. The first kappa shape index (κ1) is 20.9. The molecule has 1 aliphatic heterocycles. The lowest BCUT2D eigenvalue weighted by Crippen LogP contribution is -2.74. The number of urea groups is 1.